The van der Waals surface area contributed by atoms with Gasteiger partial charge >= 0.3 is 0 Å². The van der Waals surface area contributed by atoms with Crippen molar-refractivity contribution in [2.75, 3.05) is 36.4 Å². The van der Waals surface area contributed by atoms with Crippen LogP contribution in [0.25, 0.3) is 0 Å². The van der Waals surface area contributed by atoms with Gasteiger partial charge in [-0.1, -0.05) is 12.1 Å². The van der Waals surface area contributed by atoms with Crippen LogP contribution < -0.4 is 10.2 Å². The summed E-state index contributed by atoms with van der Waals surface area (Å²) in [6.07, 6.45) is 3.11. The number of hydrogen-bond donors (Lipinski definition) is 1. The van der Waals surface area contributed by atoms with Gasteiger partial charge < -0.3 is 15.1 Å². The lowest BCUT2D eigenvalue weighted by molar-refractivity contribution is -0.129. The number of rotatable bonds is 3. The predicted octanol–water partition coefficient (Wildman–Crippen LogP) is 2.01. The number of aromatic nitrogens is 2. The monoisotopic (exact) mass is 353 g/mol. The van der Waals surface area contributed by atoms with Crippen LogP contribution in [-0.2, 0) is 4.79 Å². The highest BCUT2D eigenvalue weighted by atomic mass is 16.2. The maximum Gasteiger partial charge on any atom is 0.275 e. The molecular formula is C19H23N5O2. The second-order valence-electron chi connectivity index (χ2n) is 6.45. The number of nitrogens with one attached hydrogen (secondary N) is 1. The number of carbonyl (C=O) groups excluding carboxylic acids is 2. The van der Waals surface area contributed by atoms with E-state index in [-0.39, 0.29) is 17.5 Å². The summed E-state index contributed by atoms with van der Waals surface area (Å²) < 4.78 is 0. The van der Waals surface area contributed by atoms with Crippen LogP contribution >= 0.6 is 0 Å². The van der Waals surface area contributed by atoms with E-state index in [1.807, 2.05) is 36.9 Å². The van der Waals surface area contributed by atoms with Gasteiger partial charge in [0.05, 0.1) is 12.4 Å². The molecule has 0 atom stereocenters. The molecule has 7 nitrogen and oxygen atoms in total. The molecule has 26 heavy (non-hydrogen) atoms. The van der Waals surface area contributed by atoms with E-state index in [1.54, 1.807) is 13.1 Å². The zero-order valence-electron chi connectivity index (χ0n) is 15.3. The smallest absolute Gasteiger partial charge is 0.275 e. The first-order valence-corrected chi connectivity index (χ1v) is 8.66. The molecule has 1 fully saturated rings. The number of nitrogens with zero attached hydrogens (tertiary/aromatic N) is 4. The quantitative estimate of drug-likeness (QED) is 0.913. The highest BCUT2D eigenvalue weighted by Crippen LogP contribution is 2.19. The van der Waals surface area contributed by atoms with Crippen molar-refractivity contribution in [3.63, 3.8) is 0 Å². The second-order valence-corrected chi connectivity index (χ2v) is 6.45. The van der Waals surface area contributed by atoms with Crippen molar-refractivity contribution >= 4 is 23.3 Å². The van der Waals surface area contributed by atoms with Crippen LogP contribution in [-0.4, -0.2) is 52.9 Å². The molecule has 1 N–H and O–H groups in total. The topological polar surface area (TPSA) is 78.4 Å². The molecule has 2 amide bonds. The SMILES string of the molecule is CC(=O)N1CCN(c2cnc(C(=O)Nc3cccc(C)c3C)cn2)CC1. The standard InChI is InChI=1S/C19H23N5O2/c1-13-5-4-6-16(14(13)2)22-19(26)17-11-21-18(12-20-17)24-9-7-23(8-10-24)15(3)25/h4-6,11-12H,7-10H2,1-3H3,(H,22,26). The Labute approximate surface area is 153 Å². The molecule has 1 aromatic carbocycles. The maximum absolute atomic E-state index is 12.4. The summed E-state index contributed by atoms with van der Waals surface area (Å²) in [4.78, 5) is 36.3. The molecule has 7 heteroatoms. The molecular weight excluding hydrogens is 330 g/mol. The highest BCUT2D eigenvalue weighted by Gasteiger charge is 2.20. The fraction of sp³-hybridized carbons (Fsp3) is 0.368. The normalized spacial score (nSPS) is 14.3. The molecule has 1 aliphatic rings. The van der Waals surface area contributed by atoms with Crippen molar-refractivity contribution in [2.45, 2.75) is 20.8 Å². The molecule has 0 spiro atoms. The minimum Gasteiger partial charge on any atom is -0.352 e. The Kier molecular flexibility index (Phi) is 5.16. The van der Waals surface area contributed by atoms with Crippen LogP contribution in [0.2, 0.25) is 0 Å². The Morgan fingerprint density at radius 3 is 2.38 bits per heavy atom. The first-order chi connectivity index (χ1) is 12.5. The van der Waals surface area contributed by atoms with Gasteiger partial charge in [0.15, 0.2) is 0 Å². The van der Waals surface area contributed by atoms with Crippen LogP contribution in [0, 0.1) is 13.8 Å². The lowest BCUT2D eigenvalue weighted by atomic mass is 10.1. The van der Waals surface area contributed by atoms with Gasteiger partial charge in [-0.25, -0.2) is 9.97 Å². The number of amides is 2. The molecule has 1 saturated heterocycles. The van der Waals surface area contributed by atoms with Crippen molar-refractivity contribution in [3.05, 3.63) is 47.4 Å². The van der Waals surface area contributed by atoms with Crippen molar-refractivity contribution in [3.8, 4) is 0 Å². The molecule has 0 unspecified atom stereocenters. The maximum atomic E-state index is 12.4. The Morgan fingerprint density at radius 1 is 1.04 bits per heavy atom. The van der Waals surface area contributed by atoms with Gasteiger partial charge in [-0.15, -0.1) is 0 Å². The van der Waals surface area contributed by atoms with E-state index >= 15 is 0 Å². The molecule has 0 bridgehead atoms. The van der Waals surface area contributed by atoms with Crippen LogP contribution in [0.5, 0.6) is 0 Å². The summed E-state index contributed by atoms with van der Waals surface area (Å²) in [6, 6.07) is 5.79. The third-order valence-electron chi connectivity index (χ3n) is 4.77. The van der Waals surface area contributed by atoms with E-state index in [1.165, 1.54) is 6.20 Å². The highest BCUT2D eigenvalue weighted by molar-refractivity contribution is 6.03. The van der Waals surface area contributed by atoms with Crippen LogP contribution in [0.1, 0.15) is 28.5 Å². The molecule has 136 valence electrons. The first kappa shape index (κ1) is 17.8. The van der Waals surface area contributed by atoms with Crippen LogP contribution in [0.15, 0.2) is 30.6 Å². The number of hydrogen-bond acceptors (Lipinski definition) is 5. The largest absolute Gasteiger partial charge is 0.352 e. The summed E-state index contributed by atoms with van der Waals surface area (Å²) in [6.45, 7) is 8.33. The number of aryl methyl sites for hydroxylation is 1. The predicted molar refractivity (Wildman–Crippen MR) is 100 cm³/mol. The van der Waals surface area contributed by atoms with E-state index in [0.29, 0.717) is 26.2 Å². The molecule has 1 aromatic heterocycles. The first-order valence-electron chi connectivity index (χ1n) is 8.66. The van der Waals surface area contributed by atoms with Gasteiger partial charge in [-0.3, -0.25) is 9.59 Å². The van der Waals surface area contributed by atoms with E-state index in [0.717, 1.165) is 22.6 Å². The Hall–Kier alpha value is -2.96. The summed E-state index contributed by atoms with van der Waals surface area (Å²) in [5, 5.41) is 2.89. The summed E-state index contributed by atoms with van der Waals surface area (Å²) in [5.74, 6) is 0.532. The number of benzene rings is 1. The van der Waals surface area contributed by atoms with E-state index < -0.39 is 0 Å². The van der Waals surface area contributed by atoms with Crippen molar-refractivity contribution < 1.29 is 9.59 Å². The third kappa shape index (κ3) is 3.82. The molecule has 3 rings (SSSR count). The average molecular weight is 353 g/mol. The van der Waals surface area contributed by atoms with Crippen molar-refractivity contribution in [1.29, 1.82) is 0 Å². The van der Waals surface area contributed by atoms with Crippen molar-refractivity contribution in [1.82, 2.24) is 14.9 Å². The second kappa shape index (κ2) is 7.51. The zero-order chi connectivity index (χ0) is 18.7. The number of anilines is 2. The van der Waals surface area contributed by atoms with Gasteiger partial charge in [-0.05, 0) is 31.0 Å². The molecule has 0 saturated carbocycles. The van der Waals surface area contributed by atoms with Crippen LogP contribution in [0.3, 0.4) is 0 Å². The van der Waals surface area contributed by atoms with Gasteiger partial charge in [-0.2, -0.15) is 0 Å². The van der Waals surface area contributed by atoms with E-state index in [2.05, 4.69) is 20.2 Å². The summed E-state index contributed by atoms with van der Waals surface area (Å²) >= 11 is 0. The number of carbonyl (C=O) groups is 2. The molecule has 2 heterocycles. The van der Waals surface area contributed by atoms with Gasteiger partial charge in [0.1, 0.15) is 11.5 Å². The minimum atomic E-state index is -0.279. The fourth-order valence-electron chi connectivity index (χ4n) is 2.93. The Bertz CT molecular complexity index is 811. The fourth-order valence-corrected chi connectivity index (χ4v) is 2.93. The Balaban J connectivity index is 1.65. The third-order valence-corrected chi connectivity index (χ3v) is 4.77. The van der Waals surface area contributed by atoms with E-state index in [9.17, 15) is 9.59 Å². The minimum absolute atomic E-state index is 0.0918. The number of piperazine rings is 1. The van der Waals surface area contributed by atoms with Crippen molar-refractivity contribution in [2.24, 2.45) is 0 Å². The summed E-state index contributed by atoms with van der Waals surface area (Å²) in [5.41, 5.74) is 3.21. The van der Waals surface area contributed by atoms with E-state index in [4.69, 9.17) is 0 Å². The van der Waals surface area contributed by atoms with Gasteiger partial charge in [0, 0.05) is 38.8 Å². The molecule has 0 aliphatic carbocycles. The average Bonchev–Trinajstić information content (AvgIpc) is 2.65. The Morgan fingerprint density at radius 2 is 1.77 bits per heavy atom. The molecule has 1 aliphatic heterocycles. The lowest BCUT2D eigenvalue weighted by Gasteiger charge is -2.34. The van der Waals surface area contributed by atoms with Crippen LogP contribution in [0.4, 0.5) is 11.5 Å². The summed E-state index contributed by atoms with van der Waals surface area (Å²) in [7, 11) is 0. The molecule has 2 aromatic rings. The van der Waals surface area contributed by atoms with Gasteiger partial charge in [0.25, 0.3) is 5.91 Å². The van der Waals surface area contributed by atoms with Gasteiger partial charge in [0.2, 0.25) is 5.91 Å². The lowest BCUT2D eigenvalue weighted by Crippen LogP contribution is -2.48. The zero-order valence-corrected chi connectivity index (χ0v) is 15.3. The molecule has 0 radical (unpaired) electrons.